The summed E-state index contributed by atoms with van der Waals surface area (Å²) >= 11 is 0. The van der Waals surface area contributed by atoms with Crippen LogP contribution < -0.4 is 5.32 Å². The quantitative estimate of drug-likeness (QED) is 0.613. The highest BCUT2D eigenvalue weighted by molar-refractivity contribution is 7.51. The van der Waals surface area contributed by atoms with Gasteiger partial charge < -0.3 is 19.5 Å². The minimum Gasteiger partial charge on any atom is -0.384 e. The maximum atomic E-state index is 11.2. The van der Waals surface area contributed by atoms with Gasteiger partial charge in [0.15, 0.2) is 0 Å². The zero-order chi connectivity index (χ0) is 11.2. The number of rotatable bonds is 6. The molecular weight excluding hydrogens is 209 g/mol. The van der Waals surface area contributed by atoms with Crippen molar-refractivity contribution in [3.63, 3.8) is 0 Å². The predicted octanol–water partition coefficient (Wildman–Crippen LogP) is -0.173. The van der Waals surface area contributed by atoms with Crippen LogP contribution in [0.3, 0.4) is 0 Å². The summed E-state index contributed by atoms with van der Waals surface area (Å²) in [5.74, 6) is -0.842. The van der Waals surface area contributed by atoms with Gasteiger partial charge in [0.25, 0.3) is 0 Å². The third kappa shape index (κ3) is 6.10. The number of nitrogens with one attached hydrogen (secondary N) is 1. The lowest BCUT2D eigenvalue weighted by molar-refractivity contribution is -0.127. The summed E-state index contributed by atoms with van der Waals surface area (Å²) in [7, 11) is -0.603. The van der Waals surface area contributed by atoms with Crippen LogP contribution in [0.2, 0.25) is 0 Å². The molecule has 0 aromatic rings. The zero-order valence-corrected chi connectivity index (χ0v) is 9.41. The predicted molar refractivity (Wildman–Crippen MR) is 51.1 cm³/mol. The first-order chi connectivity index (χ1) is 6.40. The van der Waals surface area contributed by atoms with Gasteiger partial charge in [-0.05, 0) is 0 Å². The second-order valence-corrected chi connectivity index (χ2v) is 4.73. The van der Waals surface area contributed by atoms with Gasteiger partial charge in [0.1, 0.15) is 0 Å². The Labute approximate surface area is 83.1 Å². The van der Waals surface area contributed by atoms with Crippen LogP contribution in [-0.4, -0.2) is 44.8 Å². The van der Waals surface area contributed by atoms with Crippen LogP contribution >= 0.6 is 7.60 Å². The lowest BCUT2D eigenvalue weighted by Gasteiger charge is -2.15. The van der Waals surface area contributed by atoms with Crippen molar-refractivity contribution in [3.8, 4) is 0 Å². The number of hydrogen-bond acceptors (Lipinski definition) is 4. The van der Waals surface area contributed by atoms with Crippen LogP contribution in [0, 0.1) is 5.92 Å². The fourth-order valence-electron chi connectivity index (χ4n) is 0.833. The number of ether oxygens (including phenoxy) is 1. The van der Waals surface area contributed by atoms with E-state index in [-0.39, 0.29) is 19.1 Å². The molecule has 0 saturated heterocycles. The molecule has 1 amide bonds. The molecule has 0 fully saturated rings. The van der Waals surface area contributed by atoms with Crippen LogP contribution in [0.1, 0.15) is 0 Å². The summed E-state index contributed by atoms with van der Waals surface area (Å²) < 4.78 is 20.2. The van der Waals surface area contributed by atoms with Gasteiger partial charge in [0.2, 0.25) is 5.91 Å². The SMILES string of the molecule is CNC(=O)[C@H](COC)CO[P@](C)(=O)O. The van der Waals surface area contributed by atoms with Crippen LogP contribution in [-0.2, 0) is 18.6 Å². The Morgan fingerprint density at radius 3 is 2.50 bits per heavy atom. The second kappa shape index (κ2) is 6.14. The van der Waals surface area contributed by atoms with Crippen LogP contribution in [0.25, 0.3) is 0 Å². The minimum absolute atomic E-state index is 0.127. The van der Waals surface area contributed by atoms with Crippen LogP contribution in [0.5, 0.6) is 0 Å². The third-order valence-electron chi connectivity index (χ3n) is 1.50. The van der Waals surface area contributed by atoms with Crippen molar-refractivity contribution in [2.24, 2.45) is 5.92 Å². The Bertz CT molecular complexity index is 226. The normalized spacial score (nSPS) is 17.1. The van der Waals surface area contributed by atoms with Crippen molar-refractivity contribution in [3.05, 3.63) is 0 Å². The molecule has 0 aliphatic carbocycles. The maximum absolute atomic E-state index is 11.2. The summed E-state index contributed by atoms with van der Waals surface area (Å²) in [4.78, 5) is 20.0. The highest BCUT2D eigenvalue weighted by Gasteiger charge is 2.21. The number of hydrogen-bond donors (Lipinski definition) is 2. The van der Waals surface area contributed by atoms with Gasteiger partial charge in [-0.2, -0.15) is 0 Å². The lowest BCUT2D eigenvalue weighted by atomic mass is 10.1. The Kier molecular flexibility index (Phi) is 5.95. The number of carbonyl (C=O) groups excluding carboxylic acids is 1. The molecule has 0 heterocycles. The monoisotopic (exact) mass is 225 g/mol. The summed E-state index contributed by atoms with van der Waals surface area (Å²) in [5.41, 5.74) is 0. The molecule has 0 aromatic carbocycles. The van der Waals surface area contributed by atoms with E-state index in [4.69, 9.17) is 9.63 Å². The minimum atomic E-state index is -3.53. The Morgan fingerprint density at radius 2 is 2.14 bits per heavy atom. The Hall–Kier alpha value is -0.420. The fraction of sp³-hybridized carbons (Fsp3) is 0.857. The summed E-state index contributed by atoms with van der Waals surface area (Å²) in [6, 6.07) is 0. The topological polar surface area (TPSA) is 84.9 Å². The molecule has 2 atom stereocenters. The van der Waals surface area contributed by atoms with Crippen LogP contribution in [0.4, 0.5) is 0 Å². The average molecular weight is 225 g/mol. The van der Waals surface area contributed by atoms with Crippen molar-refractivity contribution in [2.45, 2.75) is 0 Å². The summed E-state index contributed by atoms with van der Waals surface area (Å²) in [5, 5.41) is 2.42. The molecule has 0 bridgehead atoms. The molecule has 0 aromatic heterocycles. The highest BCUT2D eigenvalue weighted by atomic mass is 31.2. The first-order valence-electron chi connectivity index (χ1n) is 4.06. The Balaban J connectivity index is 4.10. The van der Waals surface area contributed by atoms with Gasteiger partial charge in [-0.15, -0.1) is 0 Å². The van der Waals surface area contributed by atoms with Crippen molar-refractivity contribution in [2.75, 3.05) is 34.0 Å². The number of methoxy groups -OCH3 is 1. The largest absolute Gasteiger partial charge is 0.384 e. The zero-order valence-electron chi connectivity index (χ0n) is 8.52. The molecule has 0 rings (SSSR count). The first kappa shape index (κ1) is 13.6. The molecule has 0 spiro atoms. The number of amides is 1. The van der Waals surface area contributed by atoms with E-state index in [2.05, 4.69) is 9.84 Å². The lowest BCUT2D eigenvalue weighted by Crippen LogP contribution is -2.33. The van der Waals surface area contributed by atoms with E-state index in [1.807, 2.05) is 0 Å². The number of carbonyl (C=O) groups is 1. The van der Waals surface area contributed by atoms with E-state index in [9.17, 15) is 9.36 Å². The third-order valence-corrected chi connectivity index (χ3v) is 2.13. The van der Waals surface area contributed by atoms with Crippen LogP contribution in [0.15, 0.2) is 0 Å². The maximum Gasteiger partial charge on any atom is 0.325 e. The Morgan fingerprint density at radius 1 is 1.57 bits per heavy atom. The molecule has 0 unspecified atom stereocenters. The van der Waals surface area contributed by atoms with Crippen molar-refractivity contribution in [1.29, 1.82) is 0 Å². The molecule has 0 radical (unpaired) electrons. The van der Waals surface area contributed by atoms with E-state index in [1.165, 1.54) is 14.2 Å². The molecule has 0 aliphatic rings. The first-order valence-corrected chi connectivity index (χ1v) is 6.08. The van der Waals surface area contributed by atoms with E-state index in [0.29, 0.717) is 0 Å². The van der Waals surface area contributed by atoms with Gasteiger partial charge in [-0.3, -0.25) is 9.36 Å². The van der Waals surface area contributed by atoms with Gasteiger partial charge in [-0.1, -0.05) is 0 Å². The molecule has 6 nitrogen and oxygen atoms in total. The van der Waals surface area contributed by atoms with E-state index < -0.39 is 13.5 Å². The second-order valence-electron chi connectivity index (χ2n) is 2.87. The van der Waals surface area contributed by atoms with Crippen molar-refractivity contribution < 1.29 is 23.5 Å². The van der Waals surface area contributed by atoms with E-state index in [1.54, 1.807) is 0 Å². The fourth-order valence-corrected chi connectivity index (χ4v) is 1.29. The van der Waals surface area contributed by atoms with Gasteiger partial charge in [0.05, 0.1) is 19.1 Å². The van der Waals surface area contributed by atoms with Crippen molar-refractivity contribution >= 4 is 13.5 Å². The van der Waals surface area contributed by atoms with Gasteiger partial charge in [0, 0.05) is 20.8 Å². The molecule has 84 valence electrons. The average Bonchev–Trinajstić information content (AvgIpc) is 2.09. The van der Waals surface area contributed by atoms with Crippen molar-refractivity contribution in [1.82, 2.24) is 5.32 Å². The standard InChI is InChI=1S/C7H16NO5P/c1-8-7(9)6(4-12-2)5-13-14(3,10)11/h6H,4-5H2,1-3H3,(H,8,9)(H,10,11)/t6-/m1/s1. The highest BCUT2D eigenvalue weighted by Crippen LogP contribution is 2.36. The van der Waals surface area contributed by atoms with E-state index in [0.717, 1.165) is 6.66 Å². The summed E-state index contributed by atoms with van der Waals surface area (Å²) in [6.07, 6.45) is 0. The molecule has 2 N–H and O–H groups in total. The molecule has 0 aliphatic heterocycles. The molecule has 0 saturated carbocycles. The molecule has 7 heteroatoms. The molecule has 14 heavy (non-hydrogen) atoms. The van der Waals surface area contributed by atoms with Gasteiger partial charge >= 0.3 is 7.60 Å². The summed E-state index contributed by atoms with van der Waals surface area (Å²) in [6.45, 7) is 1.10. The van der Waals surface area contributed by atoms with Gasteiger partial charge in [-0.25, -0.2) is 0 Å². The van der Waals surface area contributed by atoms with E-state index >= 15 is 0 Å². The molecular formula is C7H16NO5P. The smallest absolute Gasteiger partial charge is 0.325 e.